The molecule has 0 spiro atoms. The van der Waals surface area contributed by atoms with E-state index >= 15 is 0 Å². The van der Waals surface area contributed by atoms with Crippen molar-refractivity contribution >= 4 is 40.9 Å². The third-order valence-corrected chi connectivity index (χ3v) is 4.16. The minimum atomic E-state index is -0.515. The molecule has 0 unspecified atom stereocenters. The minimum Gasteiger partial charge on any atom is -0.487 e. The molecule has 0 radical (unpaired) electrons. The first kappa shape index (κ1) is 19.6. The zero-order valence-corrected chi connectivity index (χ0v) is 15.9. The van der Waals surface area contributed by atoms with Crippen LogP contribution in [-0.2, 0) is 6.61 Å². The highest BCUT2D eigenvalue weighted by Crippen LogP contribution is 2.26. The Hall–Kier alpha value is -3.16. The van der Waals surface area contributed by atoms with E-state index < -0.39 is 4.92 Å². The highest BCUT2D eigenvalue weighted by molar-refractivity contribution is 6.32. The number of pyridine rings is 1. The van der Waals surface area contributed by atoms with Crippen molar-refractivity contribution < 1.29 is 9.66 Å². The van der Waals surface area contributed by atoms with Gasteiger partial charge in [0.1, 0.15) is 24.4 Å². The standard InChI is InChI=1S/C19H14Cl2N4O3/c20-15-4-1-13(2-5-15)12-28-18-7-3-14(9-17(18)21)10-23-24-19-8-6-16(11-22-19)25(26)27/h1-11H,12H2,(H,22,24)/b23-10-. The van der Waals surface area contributed by atoms with Gasteiger partial charge in [-0.05, 0) is 47.5 Å². The topological polar surface area (TPSA) is 89.7 Å². The van der Waals surface area contributed by atoms with Gasteiger partial charge < -0.3 is 4.74 Å². The van der Waals surface area contributed by atoms with E-state index in [4.69, 9.17) is 27.9 Å². The SMILES string of the molecule is O=[N+]([O-])c1ccc(N/N=C\c2ccc(OCc3ccc(Cl)cc3)c(Cl)c2)nc1. The molecule has 0 aliphatic heterocycles. The number of hydrogen-bond donors (Lipinski definition) is 1. The monoisotopic (exact) mass is 416 g/mol. The number of aromatic nitrogens is 1. The lowest BCUT2D eigenvalue weighted by Crippen LogP contribution is -1.97. The second-order valence-electron chi connectivity index (χ2n) is 5.63. The molecule has 0 saturated heterocycles. The Labute approximate surface area is 170 Å². The number of hydrogen-bond acceptors (Lipinski definition) is 6. The van der Waals surface area contributed by atoms with Crippen LogP contribution in [0.15, 0.2) is 65.9 Å². The lowest BCUT2D eigenvalue weighted by molar-refractivity contribution is -0.385. The number of nitrogens with zero attached hydrogens (tertiary/aromatic N) is 3. The fourth-order valence-corrected chi connectivity index (χ4v) is 2.56. The molecule has 0 bridgehead atoms. The number of nitro groups is 1. The molecule has 3 rings (SSSR count). The molecule has 0 aliphatic rings. The molecule has 2 aromatic carbocycles. The molecule has 0 amide bonds. The quantitative estimate of drug-likeness (QED) is 0.319. The van der Waals surface area contributed by atoms with E-state index in [0.717, 1.165) is 17.3 Å². The Morgan fingerprint density at radius 1 is 1.14 bits per heavy atom. The lowest BCUT2D eigenvalue weighted by Gasteiger charge is -2.08. The van der Waals surface area contributed by atoms with Gasteiger partial charge in [-0.2, -0.15) is 5.10 Å². The Kier molecular flexibility index (Phi) is 6.41. The van der Waals surface area contributed by atoms with Gasteiger partial charge in [0.15, 0.2) is 0 Å². The summed E-state index contributed by atoms with van der Waals surface area (Å²) in [6, 6.07) is 15.5. The van der Waals surface area contributed by atoms with Crippen LogP contribution in [0.1, 0.15) is 11.1 Å². The molecule has 0 aliphatic carbocycles. The van der Waals surface area contributed by atoms with Crippen LogP contribution < -0.4 is 10.2 Å². The average molecular weight is 417 g/mol. The predicted molar refractivity (Wildman–Crippen MR) is 109 cm³/mol. The Balaban J connectivity index is 1.57. The van der Waals surface area contributed by atoms with Gasteiger partial charge in [-0.15, -0.1) is 0 Å². The van der Waals surface area contributed by atoms with Gasteiger partial charge >= 0.3 is 0 Å². The van der Waals surface area contributed by atoms with Gasteiger partial charge in [-0.25, -0.2) is 4.98 Å². The van der Waals surface area contributed by atoms with Crippen molar-refractivity contribution in [2.75, 3.05) is 5.43 Å². The van der Waals surface area contributed by atoms with Gasteiger partial charge in [0.05, 0.1) is 16.2 Å². The van der Waals surface area contributed by atoms with E-state index in [2.05, 4.69) is 15.5 Å². The van der Waals surface area contributed by atoms with Gasteiger partial charge in [-0.1, -0.05) is 35.3 Å². The molecule has 1 heterocycles. The number of anilines is 1. The molecule has 3 aromatic rings. The van der Waals surface area contributed by atoms with Crippen LogP contribution in [0.5, 0.6) is 5.75 Å². The summed E-state index contributed by atoms with van der Waals surface area (Å²) >= 11 is 12.1. The van der Waals surface area contributed by atoms with Crippen LogP contribution >= 0.6 is 23.2 Å². The summed E-state index contributed by atoms with van der Waals surface area (Å²) in [4.78, 5) is 14.0. The summed E-state index contributed by atoms with van der Waals surface area (Å²) in [6.07, 6.45) is 2.71. The number of hydrazone groups is 1. The minimum absolute atomic E-state index is 0.0875. The van der Waals surface area contributed by atoms with Crippen LogP contribution in [0.4, 0.5) is 11.5 Å². The molecule has 9 heteroatoms. The predicted octanol–water partition coefficient (Wildman–Crippen LogP) is 5.32. The molecular formula is C19H14Cl2N4O3. The highest BCUT2D eigenvalue weighted by atomic mass is 35.5. The lowest BCUT2D eigenvalue weighted by atomic mass is 10.2. The smallest absolute Gasteiger partial charge is 0.287 e. The number of nitrogens with one attached hydrogen (secondary N) is 1. The van der Waals surface area contributed by atoms with Gasteiger partial charge in [0.2, 0.25) is 0 Å². The highest BCUT2D eigenvalue weighted by Gasteiger charge is 2.05. The van der Waals surface area contributed by atoms with E-state index in [1.807, 2.05) is 12.1 Å². The normalized spacial score (nSPS) is 10.8. The Morgan fingerprint density at radius 2 is 1.93 bits per heavy atom. The first-order chi connectivity index (χ1) is 13.5. The van der Waals surface area contributed by atoms with Crippen molar-refractivity contribution in [3.8, 4) is 5.75 Å². The zero-order chi connectivity index (χ0) is 19.9. The van der Waals surface area contributed by atoms with E-state index in [9.17, 15) is 10.1 Å². The molecule has 1 N–H and O–H groups in total. The fraction of sp³-hybridized carbons (Fsp3) is 0.0526. The molecule has 0 saturated carbocycles. The van der Waals surface area contributed by atoms with Gasteiger partial charge in [0.25, 0.3) is 5.69 Å². The number of halogens is 2. The molecular weight excluding hydrogens is 403 g/mol. The summed E-state index contributed by atoms with van der Waals surface area (Å²) in [5, 5.41) is 15.8. The van der Waals surface area contributed by atoms with E-state index in [-0.39, 0.29) is 5.69 Å². The second-order valence-corrected chi connectivity index (χ2v) is 6.48. The largest absolute Gasteiger partial charge is 0.487 e. The average Bonchev–Trinajstić information content (AvgIpc) is 2.69. The van der Waals surface area contributed by atoms with Crippen molar-refractivity contribution in [3.63, 3.8) is 0 Å². The number of ether oxygens (including phenoxy) is 1. The fourth-order valence-electron chi connectivity index (χ4n) is 2.19. The van der Waals surface area contributed by atoms with Crippen LogP contribution in [-0.4, -0.2) is 16.1 Å². The molecule has 1 aromatic heterocycles. The first-order valence-electron chi connectivity index (χ1n) is 8.07. The number of rotatable bonds is 7. The molecule has 0 atom stereocenters. The summed E-state index contributed by atoms with van der Waals surface area (Å²) in [6.45, 7) is 0.373. The van der Waals surface area contributed by atoms with Crippen molar-refractivity contribution in [3.05, 3.63) is 92.1 Å². The third-order valence-electron chi connectivity index (χ3n) is 3.61. The summed E-state index contributed by atoms with van der Waals surface area (Å²) in [5.74, 6) is 0.939. The number of benzene rings is 2. The summed E-state index contributed by atoms with van der Waals surface area (Å²) in [5.41, 5.74) is 4.33. The van der Waals surface area contributed by atoms with Crippen molar-refractivity contribution in [1.82, 2.24) is 4.98 Å². The van der Waals surface area contributed by atoms with Crippen LogP contribution in [0.25, 0.3) is 0 Å². The van der Waals surface area contributed by atoms with Gasteiger partial charge in [0, 0.05) is 11.1 Å². The summed E-state index contributed by atoms with van der Waals surface area (Å²) in [7, 11) is 0. The van der Waals surface area contributed by atoms with E-state index in [0.29, 0.717) is 28.2 Å². The van der Waals surface area contributed by atoms with E-state index in [1.54, 1.807) is 36.5 Å². The van der Waals surface area contributed by atoms with E-state index in [1.165, 1.54) is 12.1 Å². The molecule has 7 nitrogen and oxygen atoms in total. The third kappa shape index (κ3) is 5.42. The second kappa shape index (κ2) is 9.16. The Bertz CT molecular complexity index is 993. The molecule has 28 heavy (non-hydrogen) atoms. The van der Waals surface area contributed by atoms with Crippen molar-refractivity contribution in [2.24, 2.45) is 5.10 Å². The maximum absolute atomic E-state index is 10.6. The van der Waals surface area contributed by atoms with Crippen LogP contribution in [0.3, 0.4) is 0 Å². The van der Waals surface area contributed by atoms with Crippen LogP contribution in [0, 0.1) is 10.1 Å². The summed E-state index contributed by atoms with van der Waals surface area (Å²) < 4.78 is 5.72. The maximum Gasteiger partial charge on any atom is 0.287 e. The molecule has 142 valence electrons. The van der Waals surface area contributed by atoms with Crippen molar-refractivity contribution in [2.45, 2.75) is 6.61 Å². The van der Waals surface area contributed by atoms with Crippen molar-refractivity contribution in [1.29, 1.82) is 0 Å². The van der Waals surface area contributed by atoms with Crippen LogP contribution in [0.2, 0.25) is 10.0 Å². The first-order valence-corrected chi connectivity index (χ1v) is 8.83. The zero-order valence-electron chi connectivity index (χ0n) is 14.4. The maximum atomic E-state index is 10.6. The van der Waals surface area contributed by atoms with Gasteiger partial charge in [-0.3, -0.25) is 15.5 Å². The Morgan fingerprint density at radius 3 is 2.57 bits per heavy atom. The molecule has 0 fully saturated rings.